The Kier molecular flexibility index (Phi) is 3.23. The zero-order valence-electron chi connectivity index (χ0n) is 8.63. The van der Waals surface area contributed by atoms with Crippen LogP contribution in [0.5, 0.6) is 0 Å². The highest BCUT2D eigenvalue weighted by molar-refractivity contribution is 7.15. The third kappa shape index (κ3) is 3.85. The van der Waals surface area contributed by atoms with Crippen LogP contribution < -0.4 is 11.1 Å². The number of hydrogen-bond donors (Lipinski definition) is 2. The van der Waals surface area contributed by atoms with Crippen LogP contribution in [0.15, 0.2) is 6.20 Å². The Labute approximate surface area is 87.5 Å². The maximum absolute atomic E-state index is 11.4. The van der Waals surface area contributed by atoms with E-state index in [1.165, 1.54) is 11.3 Å². The monoisotopic (exact) mass is 213 g/mol. The molecule has 0 aliphatic rings. The van der Waals surface area contributed by atoms with Gasteiger partial charge in [-0.25, -0.2) is 4.98 Å². The highest BCUT2D eigenvalue weighted by Crippen LogP contribution is 2.17. The largest absolute Gasteiger partial charge is 0.325 e. The number of carbonyl (C=O) groups is 1. The van der Waals surface area contributed by atoms with Gasteiger partial charge in [-0.3, -0.25) is 4.79 Å². The van der Waals surface area contributed by atoms with Gasteiger partial charge in [-0.15, -0.1) is 11.3 Å². The van der Waals surface area contributed by atoms with E-state index in [4.69, 9.17) is 5.73 Å². The molecule has 1 aromatic rings. The van der Waals surface area contributed by atoms with Gasteiger partial charge in [0.05, 0.1) is 0 Å². The summed E-state index contributed by atoms with van der Waals surface area (Å²) in [7, 11) is 0. The molecule has 1 rings (SSSR count). The number of amides is 1. The van der Waals surface area contributed by atoms with Crippen LogP contribution in [0.2, 0.25) is 0 Å². The Balaban J connectivity index is 2.50. The summed E-state index contributed by atoms with van der Waals surface area (Å²) < 4.78 is 0. The standard InChI is InChI=1S/C9H15N3OS/c1-6-5-11-8(14-6)12-7(13)4-9(2,3)10/h5H,4,10H2,1-3H3,(H,11,12,13). The van der Waals surface area contributed by atoms with Crippen LogP contribution in [0.25, 0.3) is 0 Å². The summed E-state index contributed by atoms with van der Waals surface area (Å²) >= 11 is 1.46. The predicted octanol–water partition coefficient (Wildman–Crippen LogP) is 1.52. The molecule has 0 fully saturated rings. The van der Waals surface area contributed by atoms with Crippen LogP contribution in [0.4, 0.5) is 5.13 Å². The highest BCUT2D eigenvalue weighted by Gasteiger charge is 2.16. The number of aromatic nitrogens is 1. The molecule has 0 aliphatic heterocycles. The first-order chi connectivity index (χ1) is 6.37. The quantitative estimate of drug-likeness (QED) is 0.799. The zero-order valence-corrected chi connectivity index (χ0v) is 9.44. The molecule has 14 heavy (non-hydrogen) atoms. The minimum Gasteiger partial charge on any atom is -0.325 e. The van der Waals surface area contributed by atoms with Crippen LogP contribution in [0.3, 0.4) is 0 Å². The zero-order chi connectivity index (χ0) is 10.8. The number of aryl methyl sites for hydroxylation is 1. The van der Waals surface area contributed by atoms with Crippen molar-refractivity contribution in [2.45, 2.75) is 32.7 Å². The molecule has 0 aliphatic carbocycles. The van der Waals surface area contributed by atoms with E-state index in [0.29, 0.717) is 11.6 Å². The summed E-state index contributed by atoms with van der Waals surface area (Å²) in [5.41, 5.74) is 5.24. The molecule has 0 spiro atoms. The van der Waals surface area contributed by atoms with Crippen LogP contribution >= 0.6 is 11.3 Å². The molecule has 0 radical (unpaired) electrons. The molecule has 0 unspecified atom stereocenters. The van der Waals surface area contributed by atoms with Gasteiger partial charge in [-0.2, -0.15) is 0 Å². The second-order valence-electron chi connectivity index (χ2n) is 3.99. The maximum atomic E-state index is 11.4. The van der Waals surface area contributed by atoms with Crippen molar-refractivity contribution in [2.75, 3.05) is 5.32 Å². The number of nitrogens with one attached hydrogen (secondary N) is 1. The number of anilines is 1. The van der Waals surface area contributed by atoms with E-state index in [9.17, 15) is 4.79 Å². The number of rotatable bonds is 3. The summed E-state index contributed by atoms with van der Waals surface area (Å²) in [5.74, 6) is -0.0909. The first-order valence-corrected chi connectivity index (χ1v) is 5.20. The average Bonchev–Trinajstić information content (AvgIpc) is 2.30. The van der Waals surface area contributed by atoms with Crippen LogP contribution in [-0.4, -0.2) is 16.4 Å². The molecule has 0 aromatic carbocycles. The molecular weight excluding hydrogens is 198 g/mol. The Morgan fingerprint density at radius 3 is 2.79 bits per heavy atom. The van der Waals surface area contributed by atoms with Gasteiger partial charge in [0.2, 0.25) is 5.91 Å². The molecule has 0 bridgehead atoms. The van der Waals surface area contributed by atoms with E-state index >= 15 is 0 Å². The summed E-state index contributed by atoms with van der Waals surface area (Å²) in [5, 5.41) is 3.34. The van der Waals surface area contributed by atoms with Crippen molar-refractivity contribution in [3.63, 3.8) is 0 Å². The van der Waals surface area contributed by atoms with Crippen molar-refractivity contribution in [1.82, 2.24) is 4.98 Å². The molecule has 78 valence electrons. The van der Waals surface area contributed by atoms with Gasteiger partial charge < -0.3 is 11.1 Å². The SMILES string of the molecule is Cc1cnc(NC(=O)CC(C)(C)N)s1. The fraction of sp³-hybridized carbons (Fsp3) is 0.556. The first-order valence-electron chi connectivity index (χ1n) is 4.38. The number of hydrogen-bond acceptors (Lipinski definition) is 4. The van der Waals surface area contributed by atoms with E-state index in [0.717, 1.165) is 4.88 Å². The average molecular weight is 213 g/mol. The van der Waals surface area contributed by atoms with E-state index in [-0.39, 0.29) is 5.91 Å². The van der Waals surface area contributed by atoms with Gasteiger partial charge in [-0.1, -0.05) is 0 Å². The normalized spacial score (nSPS) is 11.4. The molecule has 0 saturated carbocycles. The second kappa shape index (κ2) is 4.06. The lowest BCUT2D eigenvalue weighted by Crippen LogP contribution is -2.36. The van der Waals surface area contributed by atoms with Gasteiger partial charge in [0, 0.05) is 23.0 Å². The fourth-order valence-electron chi connectivity index (χ4n) is 0.990. The van der Waals surface area contributed by atoms with E-state index in [1.807, 2.05) is 20.8 Å². The predicted molar refractivity (Wildman–Crippen MR) is 58.4 cm³/mol. The minimum absolute atomic E-state index is 0.0909. The third-order valence-corrected chi connectivity index (χ3v) is 2.31. The van der Waals surface area contributed by atoms with Crippen LogP contribution in [0.1, 0.15) is 25.1 Å². The van der Waals surface area contributed by atoms with Crippen LogP contribution in [-0.2, 0) is 4.79 Å². The van der Waals surface area contributed by atoms with Crippen LogP contribution in [0, 0.1) is 6.92 Å². The van der Waals surface area contributed by atoms with Gasteiger partial charge in [0.15, 0.2) is 5.13 Å². The number of thiazole rings is 1. The summed E-state index contributed by atoms with van der Waals surface area (Å²) in [6.07, 6.45) is 2.03. The third-order valence-electron chi connectivity index (χ3n) is 1.48. The van der Waals surface area contributed by atoms with Crippen molar-refractivity contribution in [2.24, 2.45) is 5.73 Å². The Hall–Kier alpha value is -0.940. The Morgan fingerprint density at radius 2 is 2.36 bits per heavy atom. The topological polar surface area (TPSA) is 68.0 Å². The minimum atomic E-state index is -0.476. The number of nitrogens with zero attached hydrogens (tertiary/aromatic N) is 1. The molecule has 1 heterocycles. The van der Waals surface area contributed by atoms with Gasteiger partial charge >= 0.3 is 0 Å². The molecule has 4 nitrogen and oxygen atoms in total. The molecular formula is C9H15N3OS. The van der Waals surface area contributed by atoms with E-state index in [1.54, 1.807) is 6.20 Å². The lowest BCUT2D eigenvalue weighted by atomic mass is 10.0. The molecule has 0 atom stereocenters. The Morgan fingerprint density at radius 1 is 1.71 bits per heavy atom. The van der Waals surface area contributed by atoms with E-state index in [2.05, 4.69) is 10.3 Å². The van der Waals surface area contributed by atoms with Crippen molar-refractivity contribution in [1.29, 1.82) is 0 Å². The van der Waals surface area contributed by atoms with Crippen molar-refractivity contribution in [3.8, 4) is 0 Å². The first kappa shape index (κ1) is 11.1. The smallest absolute Gasteiger partial charge is 0.227 e. The van der Waals surface area contributed by atoms with Gasteiger partial charge in [-0.05, 0) is 20.8 Å². The van der Waals surface area contributed by atoms with Crippen molar-refractivity contribution in [3.05, 3.63) is 11.1 Å². The number of nitrogens with two attached hydrogens (primary N) is 1. The molecule has 3 N–H and O–H groups in total. The van der Waals surface area contributed by atoms with Crippen molar-refractivity contribution < 1.29 is 4.79 Å². The van der Waals surface area contributed by atoms with Crippen molar-refractivity contribution >= 4 is 22.4 Å². The molecule has 0 saturated heterocycles. The molecule has 1 aromatic heterocycles. The van der Waals surface area contributed by atoms with Gasteiger partial charge in [0.25, 0.3) is 0 Å². The molecule has 1 amide bonds. The maximum Gasteiger partial charge on any atom is 0.227 e. The fourth-order valence-corrected chi connectivity index (χ4v) is 1.67. The Bertz CT molecular complexity index is 327. The highest BCUT2D eigenvalue weighted by atomic mass is 32.1. The molecule has 5 heteroatoms. The lowest BCUT2D eigenvalue weighted by molar-refractivity contribution is -0.117. The van der Waals surface area contributed by atoms with Gasteiger partial charge in [0.1, 0.15) is 0 Å². The lowest BCUT2D eigenvalue weighted by Gasteiger charge is -2.16. The second-order valence-corrected chi connectivity index (χ2v) is 5.22. The number of carbonyl (C=O) groups excluding carboxylic acids is 1. The summed E-state index contributed by atoms with van der Waals surface area (Å²) in [6.45, 7) is 5.58. The summed E-state index contributed by atoms with van der Waals surface area (Å²) in [6, 6.07) is 0. The summed E-state index contributed by atoms with van der Waals surface area (Å²) in [4.78, 5) is 16.5. The van der Waals surface area contributed by atoms with E-state index < -0.39 is 5.54 Å².